The minimum atomic E-state index is 0.712. The van der Waals surface area contributed by atoms with Gasteiger partial charge in [0.2, 0.25) is 0 Å². The second-order valence-corrected chi connectivity index (χ2v) is 3.52. The molecule has 2 heterocycles. The zero-order chi connectivity index (χ0) is 7.84. The Morgan fingerprint density at radius 3 is 3.09 bits per heavy atom. The molecule has 0 bridgehead atoms. The Bertz CT molecular complexity index is 324. The van der Waals surface area contributed by atoms with E-state index < -0.39 is 0 Å². The lowest BCUT2D eigenvalue weighted by atomic mass is 10.3. The molecular weight excluding hydrogens is 274 g/mol. The van der Waals surface area contributed by atoms with Gasteiger partial charge in [-0.25, -0.2) is 9.97 Å². The predicted octanol–water partition coefficient (Wildman–Crippen LogP) is 2.30. The van der Waals surface area contributed by atoms with Crippen molar-refractivity contribution in [1.29, 1.82) is 0 Å². The fraction of sp³-hybridized carbons (Fsp3) is 0. The second-order valence-electron chi connectivity index (χ2n) is 2.04. The largest absolute Gasteiger partial charge is 0.261 e. The summed E-state index contributed by atoms with van der Waals surface area (Å²) in [6, 6.07) is 1.91. The molecule has 0 fully saturated rings. The van der Waals surface area contributed by atoms with Crippen molar-refractivity contribution in [2.75, 3.05) is 0 Å². The molecule has 0 radical (unpaired) electrons. The molecule has 0 saturated heterocycles. The van der Waals surface area contributed by atoms with Crippen LogP contribution in [-0.2, 0) is 0 Å². The summed E-state index contributed by atoms with van der Waals surface area (Å²) in [4.78, 5) is 8.20. The van der Waals surface area contributed by atoms with Crippen LogP contribution in [0.25, 0.3) is 11.4 Å². The zero-order valence-corrected chi connectivity index (χ0v) is 8.50. The van der Waals surface area contributed by atoms with Crippen LogP contribution in [0.15, 0.2) is 23.2 Å². The lowest BCUT2D eigenvalue weighted by Gasteiger charge is -2.01. The van der Waals surface area contributed by atoms with Crippen molar-refractivity contribution in [3.05, 3.63) is 23.2 Å². The van der Waals surface area contributed by atoms with E-state index in [9.17, 15) is 0 Å². The van der Waals surface area contributed by atoms with Crippen molar-refractivity contribution in [1.82, 2.24) is 13.6 Å². The molecule has 0 aromatic rings. The molecule has 2 rings (SSSR count). The Balaban J connectivity index is 2.77. The van der Waals surface area contributed by atoms with Gasteiger partial charge in [-0.1, -0.05) is 0 Å². The van der Waals surface area contributed by atoms with Crippen LogP contribution in [0.3, 0.4) is 0 Å². The highest BCUT2D eigenvalue weighted by Gasteiger charge is 2.07. The van der Waals surface area contributed by atoms with E-state index in [4.69, 9.17) is 0 Å². The third-order valence-electron chi connectivity index (χ3n) is 1.34. The maximum Gasteiger partial charge on any atom is 0.189 e. The normalized spacial score (nSPS) is 10.7. The quantitative estimate of drug-likeness (QED) is 0.692. The van der Waals surface area contributed by atoms with Crippen molar-refractivity contribution in [3.63, 3.8) is 0 Å². The minimum absolute atomic E-state index is 0.712. The first kappa shape index (κ1) is 7.24. The van der Waals surface area contributed by atoms with Gasteiger partial charge < -0.3 is 0 Å². The average molecular weight is 277 g/mol. The number of halogens is 2. The van der Waals surface area contributed by atoms with Crippen LogP contribution in [0.4, 0.5) is 0 Å². The van der Waals surface area contributed by atoms with E-state index in [-0.39, 0.29) is 0 Å². The van der Waals surface area contributed by atoms with Crippen molar-refractivity contribution in [3.8, 4) is 11.4 Å². The summed E-state index contributed by atoms with van der Waals surface area (Å²) in [5.41, 5.74) is 1.02. The Kier molecular flexibility index (Phi) is 1.69. The molecule has 0 saturated carbocycles. The first-order chi connectivity index (χ1) is 5.27. The number of fused-ring (bicyclic) bond motifs is 1. The zero-order valence-electron chi connectivity index (χ0n) is 5.33. The molecule has 2 aliphatic heterocycles. The van der Waals surface area contributed by atoms with E-state index in [1.54, 1.807) is 9.79 Å². The SMILES string of the molecule is Brc1nc2nccc-2cn1Br. The topological polar surface area (TPSA) is 30.7 Å². The molecule has 3 nitrogen and oxygen atoms in total. The molecular formula is C6H3Br2N3. The maximum absolute atomic E-state index is 4.16. The first-order valence-electron chi connectivity index (χ1n) is 2.93. The van der Waals surface area contributed by atoms with Gasteiger partial charge in [-0.2, -0.15) is 0 Å². The van der Waals surface area contributed by atoms with Crippen molar-refractivity contribution in [2.24, 2.45) is 0 Å². The van der Waals surface area contributed by atoms with Gasteiger partial charge in [-0.3, -0.25) is 3.59 Å². The Hall–Kier alpha value is -0.420. The highest BCUT2D eigenvalue weighted by Crippen LogP contribution is 2.21. The van der Waals surface area contributed by atoms with E-state index in [1.165, 1.54) is 0 Å². The average Bonchev–Trinajstić information content (AvgIpc) is 2.36. The molecule has 0 spiro atoms. The van der Waals surface area contributed by atoms with Crippen LogP contribution in [-0.4, -0.2) is 13.6 Å². The van der Waals surface area contributed by atoms with Gasteiger partial charge in [-0.05, 0) is 22.0 Å². The van der Waals surface area contributed by atoms with Gasteiger partial charge in [0.05, 0.1) is 16.1 Å². The molecule has 0 aliphatic carbocycles. The number of rotatable bonds is 0. The smallest absolute Gasteiger partial charge is 0.189 e. The summed E-state index contributed by atoms with van der Waals surface area (Å²) in [6.07, 6.45) is 3.64. The van der Waals surface area contributed by atoms with E-state index >= 15 is 0 Å². The van der Waals surface area contributed by atoms with Crippen LogP contribution in [0.5, 0.6) is 0 Å². The van der Waals surface area contributed by atoms with Crippen molar-refractivity contribution < 1.29 is 0 Å². The van der Waals surface area contributed by atoms with Crippen LogP contribution in [0.2, 0.25) is 0 Å². The van der Waals surface area contributed by atoms with Crippen LogP contribution >= 0.6 is 32.1 Å². The van der Waals surface area contributed by atoms with Crippen LogP contribution < -0.4 is 0 Å². The minimum Gasteiger partial charge on any atom is -0.261 e. The van der Waals surface area contributed by atoms with Gasteiger partial charge in [-0.15, -0.1) is 0 Å². The summed E-state index contributed by atoms with van der Waals surface area (Å²) >= 11 is 6.55. The first-order valence-corrected chi connectivity index (χ1v) is 4.43. The molecule has 0 aromatic heterocycles. The molecule has 0 atom stereocenters. The van der Waals surface area contributed by atoms with Crippen LogP contribution in [0.1, 0.15) is 0 Å². The van der Waals surface area contributed by atoms with Gasteiger partial charge in [0.25, 0.3) is 0 Å². The predicted molar refractivity (Wildman–Crippen MR) is 48.7 cm³/mol. The number of hydrogen-bond acceptors (Lipinski definition) is 2. The molecule has 11 heavy (non-hydrogen) atoms. The molecule has 2 aliphatic rings. The fourth-order valence-corrected chi connectivity index (χ4v) is 1.41. The second kappa shape index (κ2) is 2.57. The maximum atomic E-state index is 4.16. The third-order valence-corrected chi connectivity index (χ3v) is 2.91. The molecule has 0 unspecified atom stereocenters. The van der Waals surface area contributed by atoms with Crippen molar-refractivity contribution >= 4 is 32.1 Å². The van der Waals surface area contributed by atoms with E-state index in [0.717, 1.165) is 11.4 Å². The highest BCUT2D eigenvalue weighted by atomic mass is 79.9. The fourth-order valence-electron chi connectivity index (χ4n) is 0.842. The van der Waals surface area contributed by atoms with Crippen molar-refractivity contribution in [2.45, 2.75) is 0 Å². The summed E-state index contributed by atoms with van der Waals surface area (Å²) in [5.74, 6) is 0.757. The van der Waals surface area contributed by atoms with E-state index in [2.05, 4.69) is 42.0 Å². The van der Waals surface area contributed by atoms with E-state index in [1.807, 2.05) is 12.3 Å². The number of hydrogen-bond donors (Lipinski definition) is 0. The van der Waals surface area contributed by atoms with Gasteiger partial charge in [0, 0.05) is 18.0 Å². The third kappa shape index (κ3) is 1.18. The highest BCUT2D eigenvalue weighted by molar-refractivity contribution is 9.11. The van der Waals surface area contributed by atoms with Gasteiger partial charge >= 0.3 is 0 Å². The molecule has 0 N–H and O–H groups in total. The molecule has 5 heteroatoms. The lowest BCUT2D eigenvalue weighted by Crippen LogP contribution is -1.92. The monoisotopic (exact) mass is 275 g/mol. The Morgan fingerprint density at radius 2 is 2.27 bits per heavy atom. The standard InChI is InChI=1S/C6H3Br2N3/c7-6-10-5-4(1-2-9-5)3-11(6)8/h1-3H. The summed E-state index contributed by atoms with van der Waals surface area (Å²) < 4.78 is 2.43. The summed E-state index contributed by atoms with van der Waals surface area (Å²) in [5, 5.41) is 0. The molecule has 0 amide bonds. The summed E-state index contributed by atoms with van der Waals surface area (Å²) in [7, 11) is 0. The van der Waals surface area contributed by atoms with E-state index in [0.29, 0.717) is 4.73 Å². The number of nitrogens with zero attached hydrogens (tertiary/aromatic N) is 3. The molecule has 56 valence electrons. The summed E-state index contributed by atoms with van der Waals surface area (Å²) in [6.45, 7) is 0. The number of aromatic nitrogens is 3. The van der Waals surface area contributed by atoms with Crippen LogP contribution in [0, 0.1) is 0 Å². The Labute approximate surface area is 80.3 Å². The van der Waals surface area contributed by atoms with Gasteiger partial charge in [0.15, 0.2) is 10.6 Å². The lowest BCUT2D eigenvalue weighted by molar-refractivity contribution is 1.05. The molecule has 0 aromatic carbocycles. The van der Waals surface area contributed by atoms with Gasteiger partial charge in [0.1, 0.15) is 0 Å². The Morgan fingerprint density at radius 1 is 1.45 bits per heavy atom.